The number of hydrogen-bond acceptors (Lipinski definition) is 4. The molecule has 1 aromatic carbocycles. The molecule has 4 nitrogen and oxygen atoms in total. The zero-order valence-corrected chi connectivity index (χ0v) is 11.2. The van der Waals surface area contributed by atoms with Crippen LogP contribution in [0.3, 0.4) is 0 Å². The molecule has 3 aromatic rings. The Morgan fingerprint density at radius 3 is 2.85 bits per heavy atom. The van der Waals surface area contributed by atoms with Crippen molar-refractivity contribution in [3.8, 4) is 0 Å². The van der Waals surface area contributed by atoms with Crippen LogP contribution in [0, 0.1) is 0 Å². The minimum Gasteiger partial charge on any atom is -0.303 e. The predicted molar refractivity (Wildman–Crippen MR) is 80.0 cm³/mol. The molecule has 5 heteroatoms. The second-order valence-electron chi connectivity index (χ2n) is 4.14. The molecular weight excluding hydrogens is 272 g/mol. The SMILES string of the molecule is O=C(/C=C/c1cccs1)c1nc2ccccc2c(=O)[nH]1. The number of benzene rings is 1. The van der Waals surface area contributed by atoms with Gasteiger partial charge in [0.1, 0.15) is 0 Å². The maximum Gasteiger partial charge on any atom is 0.259 e. The quantitative estimate of drug-likeness (QED) is 0.593. The standard InChI is InChI=1S/C15H10N2O2S/c18-13(8-7-10-4-3-9-20-10)14-16-12-6-2-1-5-11(12)15(19)17-14/h1-9H,(H,16,17,19)/b8-7+. The van der Waals surface area contributed by atoms with Gasteiger partial charge in [-0.3, -0.25) is 9.59 Å². The van der Waals surface area contributed by atoms with E-state index in [1.807, 2.05) is 17.5 Å². The number of H-pyrrole nitrogens is 1. The van der Waals surface area contributed by atoms with Crippen molar-refractivity contribution in [2.24, 2.45) is 0 Å². The highest BCUT2D eigenvalue weighted by Gasteiger charge is 2.08. The van der Waals surface area contributed by atoms with Crippen LogP contribution in [0.5, 0.6) is 0 Å². The largest absolute Gasteiger partial charge is 0.303 e. The van der Waals surface area contributed by atoms with Crippen molar-refractivity contribution in [2.45, 2.75) is 0 Å². The third kappa shape index (κ3) is 2.44. The van der Waals surface area contributed by atoms with E-state index in [9.17, 15) is 9.59 Å². The maximum atomic E-state index is 12.0. The Hall–Kier alpha value is -2.53. The van der Waals surface area contributed by atoms with Crippen molar-refractivity contribution in [1.29, 1.82) is 0 Å². The molecule has 0 unspecified atom stereocenters. The number of fused-ring (bicyclic) bond motifs is 1. The van der Waals surface area contributed by atoms with Crippen LogP contribution >= 0.6 is 11.3 Å². The molecule has 20 heavy (non-hydrogen) atoms. The molecule has 0 fully saturated rings. The van der Waals surface area contributed by atoms with Gasteiger partial charge in [-0.15, -0.1) is 11.3 Å². The normalized spacial score (nSPS) is 11.2. The van der Waals surface area contributed by atoms with Gasteiger partial charge >= 0.3 is 0 Å². The number of ketones is 1. The molecular formula is C15H10N2O2S. The summed E-state index contributed by atoms with van der Waals surface area (Å²) in [5.41, 5.74) is 0.215. The lowest BCUT2D eigenvalue weighted by Gasteiger charge is -1.99. The first-order chi connectivity index (χ1) is 9.74. The number of hydrogen-bond donors (Lipinski definition) is 1. The molecule has 98 valence electrons. The lowest BCUT2D eigenvalue weighted by atomic mass is 10.2. The number of aromatic amines is 1. The van der Waals surface area contributed by atoms with Crippen LogP contribution in [-0.2, 0) is 0 Å². The summed E-state index contributed by atoms with van der Waals surface area (Å²) in [7, 11) is 0. The van der Waals surface area contributed by atoms with Gasteiger partial charge in [-0.25, -0.2) is 4.98 Å². The van der Waals surface area contributed by atoms with Crippen LogP contribution in [0.15, 0.2) is 52.6 Å². The van der Waals surface area contributed by atoms with Crippen molar-refractivity contribution in [2.75, 3.05) is 0 Å². The van der Waals surface area contributed by atoms with Gasteiger partial charge < -0.3 is 4.98 Å². The van der Waals surface area contributed by atoms with Crippen molar-refractivity contribution in [1.82, 2.24) is 9.97 Å². The molecule has 1 N–H and O–H groups in total. The summed E-state index contributed by atoms with van der Waals surface area (Å²) in [6.07, 6.45) is 3.13. The molecule has 0 aliphatic rings. The molecule has 0 amide bonds. The summed E-state index contributed by atoms with van der Waals surface area (Å²) < 4.78 is 0. The van der Waals surface area contributed by atoms with E-state index in [-0.39, 0.29) is 17.2 Å². The van der Waals surface area contributed by atoms with E-state index in [1.54, 1.807) is 30.3 Å². The second kappa shape index (κ2) is 5.22. The van der Waals surface area contributed by atoms with Gasteiger partial charge in [-0.1, -0.05) is 18.2 Å². The third-order valence-corrected chi connectivity index (χ3v) is 3.63. The molecule has 0 atom stereocenters. The van der Waals surface area contributed by atoms with Crippen molar-refractivity contribution in [3.63, 3.8) is 0 Å². The Morgan fingerprint density at radius 1 is 1.20 bits per heavy atom. The van der Waals surface area contributed by atoms with Gasteiger partial charge in [0.05, 0.1) is 10.9 Å². The van der Waals surface area contributed by atoms with Crippen molar-refractivity contribution >= 4 is 34.1 Å². The van der Waals surface area contributed by atoms with Crippen LogP contribution < -0.4 is 5.56 Å². The number of carbonyl (C=O) groups excluding carboxylic acids is 1. The summed E-state index contributed by atoms with van der Waals surface area (Å²) in [6.45, 7) is 0. The fourth-order valence-electron chi connectivity index (χ4n) is 1.83. The number of para-hydroxylation sites is 1. The van der Waals surface area contributed by atoms with Gasteiger partial charge in [0.25, 0.3) is 5.56 Å². The van der Waals surface area contributed by atoms with Gasteiger partial charge in [0.15, 0.2) is 5.82 Å². The van der Waals surface area contributed by atoms with E-state index < -0.39 is 0 Å². The first kappa shape index (κ1) is 12.5. The molecule has 0 bridgehead atoms. The molecule has 0 aliphatic carbocycles. The van der Waals surface area contributed by atoms with Crippen molar-refractivity contribution in [3.05, 3.63) is 68.9 Å². The zero-order valence-electron chi connectivity index (χ0n) is 10.4. The topological polar surface area (TPSA) is 62.8 Å². The van der Waals surface area contributed by atoms with E-state index in [0.29, 0.717) is 10.9 Å². The minimum atomic E-state index is -0.318. The number of nitrogens with one attached hydrogen (secondary N) is 1. The second-order valence-corrected chi connectivity index (χ2v) is 5.12. The number of nitrogens with zero attached hydrogens (tertiary/aromatic N) is 1. The van der Waals surface area contributed by atoms with Crippen molar-refractivity contribution < 1.29 is 4.79 Å². The Morgan fingerprint density at radius 2 is 2.05 bits per heavy atom. The smallest absolute Gasteiger partial charge is 0.259 e. The Bertz CT molecular complexity index is 848. The molecule has 0 aliphatic heterocycles. The summed E-state index contributed by atoms with van der Waals surface area (Å²) in [4.78, 5) is 31.6. The first-order valence-electron chi connectivity index (χ1n) is 5.99. The average molecular weight is 282 g/mol. The van der Waals surface area contributed by atoms with Gasteiger partial charge in [-0.05, 0) is 35.7 Å². The van der Waals surface area contributed by atoms with Crippen LogP contribution in [0.1, 0.15) is 15.5 Å². The molecule has 2 heterocycles. The lowest BCUT2D eigenvalue weighted by Crippen LogP contribution is -2.14. The highest BCUT2D eigenvalue weighted by molar-refractivity contribution is 7.10. The van der Waals surface area contributed by atoms with Gasteiger partial charge in [0.2, 0.25) is 5.78 Å². The Labute approximate surface area is 118 Å². The molecule has 0 radical (unpaired) electrons. The highest BCUT2D eigenvalue weighted by atomic mass is 32.1. The summed E-state index contributed by atoms with van der Waals surface area (Å²) >= 11 is 1.53. The van der Waals surface area contributed by atoms with E-state index in [0.717, 1.165) is 4.88 Å². The van der Waals surface area contributed by atoms with E-state index >= 15 is 0 Å². The Kier molecular flexibility index (Phi) is 3.26. The number of rotatable bonds is 3. The third-order valence-electron chi connectivity index (χ3n) is 2.79. The Balaban J connectivity index is 1.98. The van der Waals surface area contributed by atoms with Crippen LogP contribution in [0.25, 0.3) is 17.0 Å². The first-order valence-corrected chi connectivity index (χ1v) is 6.87. The van der Waals surface area contributed by atoms with E-state index in [4.69, 9.17) is 0 Å². The molecule has 2 aromatic heterocycles. The average Bonchev–Trinajstić information content (AvgIpc) is 2.98. The van der Waals surface area contributed by atoms with E-state index in [1.165, 1.54) is 17.4 Å². The zero-order chi connectivity index (χ0) is 13.9. The predicted octanol–water partition coefficient (Wildman–Crippen LogP) is 2.88. The van der Waals surface area contributed by atoms with Crippen LogP contribution in [0.2, 0.25) is 0 Å². The molecule has 0 saturated carbocycles. The molecule has 3 rings (SSSR count). The fourth-order valence-corrected chi connectivity index (χ4v) is 2.44. The maximum absolute atomic E-state index is 12.0. The number of thiophene rings is 1. The number of aromatic nitrogens is 2. The molecule has 0 spiro atoms. The highest BCUT2D eigenvalue weighted by Crippen LogP contribution is 2.11. The van der Waals surface area contributed by atoms with Gasteiger partial charge in [-0.2, -0.15) is 0 Å². The lowest BCUT2D eigenvalue weighted by molar-refractivity contribution is 0.103. The number of allylic oxidation sites excluding steroid dienone is 1. The summed E-state index contributed by atoms with van der Waals surface area (Å²) in [5.74, 6) is -0.261. The molecule has 0 saturated heterocycles. The summed E-state index contributed by atoms with van der Waals surface area (Å²) in [6, 6.07) is 10.7. The van der Waals surface area contributed by atoms with Crippen LogP contribution in [0.4, 0.5) is 0 Å². The van der Waals surface area contributed by atoms with Crippen LogP contribution in [-0.4, -0.2) is 15.8 Å². The monoisotopic (exact) mass is 282 g/mol. The summed E-state index contributed by atoms with van der Waals surface area (Å²) in [5, 5.41) is 2.41. The minimum absolute atomic E-state index is 0.0570. The fraction of sp³-hybridized carbons (Fsp3) is 0. The van der Waals surface area contributed by atoms with Gasteiger partial charge in [0, 0.05) is 4.88 Å². The number of carbonyl (C=O) groups is 1. The van der Waals surface area contributed by atoms with E-state index in [2.05, 4.69) is 9.97 Å².